The summed E-state index contributed by atoms with van der Waals surface area (Å²) >= 11 is 0. The lowest BCUT2D eigenvalue weighted by Crippen LogP contribution is -2.61. The molecule has 13 heteroatoms. The molecule has 2 amide bonds. The maximum Gasteiger partial charge on any atom is 0.416 e. The van der Waals surface area contributed by atoms with Crippen LogP contribution < -0.4 is 16.8 Å². The average Bonchev–Trinajstić information content (AvgIpc) is 3.30. The van der Waals surface area contributed by atoms with Gasteiger partial charge in [-0.3, -0.25) is 9.59 Å². The van der Waals surface area contributed by atoms with Crippen molar-refractivity contribution in [3.05, 3.63) is 70.0 Å². The third-order valence-electron chi connectivity index (χ3n) is 8.85. The first-order valence-electron chi connectivity index (χ1n) is 13.5. The van der Waals surface area contributed by atoms with Crippen LogP contribution in [0.2, 0.25) is 0 Å². The number of hydrogen-bond acceptors (Lipinski definition) is 4. The summed E-state index contributed by atoms with van der Waals surface area (Å²) in [6.07, 6.45) is -8.35. The number of piperidine rings is 1. The molecule has 4 rings (SSSR count). The van der Waals surface area contributed by atoms with E-state index in [0.717, 1.165) is 0 Å². The largest absolute Gasteiger partial charge is 0.416 e. The lowest BCUT2D eigenvalue weighted by Gasteiger charge is -2.48. The molecule has 6 nitrogen and oxygen atoms in total. The summed E-state index contributed by atoms with van der Waals surface area (Å²) in [7, 11) is 0. The third-order valence-corrected chi connectivity index (χ3v) is 8.85. The highest BCUT2D eigenvalue weighted by molar-refractivity contribution is 5.87. The Labute approximate surface area is 238 Å². The number of hydrogen-bond donors (Lipinski definition) is 3. The molecule has 0 aliphatic carbocycles. The van der Waals surface area contributed by atoms with Gasteiger partial charge < -0.3 is 21.7 Å². The Morgan fingerprint density at radius 1 is 1.02 bits per heavy atom. The van der Waals surface area contributed by atoms with Gasteiger partial charge in [0.05, 0.1) is 28.7 Å². The number of nitrogens with one attached hydrogen (secondary N) is 1. The molecular formula is C29H33F7N4O2. The van der Waals surface area contributed by atoms with Gasteiger partial charge in [0.15, 0.2) is 0 Å². The molecule has 230 valence electrons. The Balaban J connectivity index is 1.73. The lowest BCUT2D eigenvalue weighted by molar-refractivity contribution is -0.143. The van der Waals surface area contributed by atoms with Crippen molar-refractivity contribution in [1.82, 2.24) is 10.2 Å². The molecule has 2 fully saturated rings. The molecule has 1 spiro atoms. The Kier molecular flexibility index (Phi) is 8.18. The fourth-order valence-electron chi connectivity index (χ4n) is 6.18. The zero-order valence-electron chi connectivity index (χ0n) is 23.3. The average molecular weight is 603 g/mol. The molecule has 0 saturated carbocycles. The van der Waals surface area contributed by atoms with Gasteiger partial charge in [-0.2, -0.15) is 26.3 Å². The number of amides is 2. The van der Waals surface area contributed by atoms with Crippen molar-refractivity contribution in [2.24, 2.45) is 11.5 Å². The summed E-state index contributed by atoms with van der Waals surface area (Å²) < 4.78 is 95.2. The quantitative estimate of drug-likeness (QED) is 0.403. The van der Waals surface area contributed by atoms with E-state index < -0.39 is 70.2 Å². The maximum absolute atomic E-state index is 14.1. The Morgan fingerprint density at radius 2 is 1.62 bits per heavy atom. The van der Waals surface area contributed by atoms with E-state index in [0.29, 0.717) is 48.9 Å². The van der Waals surface area contributed by atoms with Gasteiger partial charge in [0.1, 0.15) is 5.82 Å². The number of benzene rings is 2. The molecule has 0 bridgehead atoms. The number of carbonyl (C=O) groups excluding carboxylic acids is 2. The minimum atomic E-state index is -5.06. The van der Waals surface area contributed by atoms with E-state index in [4.69, 9.17) is 11.5 Å². The summed E-state index contributed by atoms with van der Waals surface area (Å²) in [6, 6.07) is 4.03. The number of aryl methyl sites for hydroxylation is 1. The molecule has 0 aromatic heterocycles. The monoisotopic (exact) mass is 602 g/mol. The van der Waals surface area contributed by atoms with Crippen LogP contribution in [0, 0.1) is 12.7 Å². The number of carbonyl (C=O) groups is 2. The van der Waals surface area contributed by atoms with Crippen LogP contribution in [0.25, 0.3) is 0 Å². The lowest BCUT2D eigenvalue weighted by atomic mass is 9.76. The van der Waals surface area contributed by atoms with Gasteiger partial charge in [-0.1, -0.05) is 13.0 Å². The SMILES string of the molecule is Cc1cc(F)ccc1C1CC2(CCC(C(N)=O)N2)CCN1C(=O)C(C)(N)C(C)c1cc(C(F)(F)F)cc(C(F)(F)F)c1. The first-order valence-corrected chi connectivity index (χ1v) is 13.5. The first-order chi connectivity index (χ1) is 19.2. The summed E-state index contributed by atoms with van der Waals surface area (Å²) in [6.45, 7) is 4.38. The van der Waals surface area contributed by atoms with Gasteiger partial charge in [-0.05, 0) is 86.6 Å². The van der Waals surface area contributed by atoms with E-state index in [9.17, 15) is 40.3 Å². The van der Waals surface area contributed by atoms with Gasteiger partial charge in [-0.15, -0.1) is 0 Å². The van der Waals surface area contributed by atoms with Crippen molar-refractivity contribution >= 4 is 11.8 Å². The molecular weight excluding hydrogens is 569 g/mol. The smallest absolute Gasteiger partial charge is 0.368 e. The van der Waals surface area contributed by atoms with Crippen LogP contribution in [-0.2, 0) is 21.9 Å². The molecule has 2 aromatic rings. The van der Waals surface area contributed by atoms with E-state index in [1.165, 1.54) is 36.9 Å². The van der Waals surface area contributed by atoms with Gasteiger partial charge >= 0.3 is 12.4 Å². The maximum atomic E-state index is 14.1. The Bertz CT molecular complexity index is 1340. The zero-order chi connectivity index (χ0) is 31.4. The van der Waals surface area contributed by atoms with Crippen molar-refractivity contribution in [1.29, 1.82) is 0 Å². The third kappa shape index (κ3) is 6.12. The van der Waals surface area contributed by atoms with E-state index in [1.54, 1.807) is 6.92 Å². The van der Waals surface area contributed by atoms with Crippen molar-refractivity contribution in [2.75, 3.05) is 6.54 Å². The second kappa shape index (κ2) is 10.8. The van der Waals surface area contributed by atoms with Gasteiger partial charge in [0.2, 0.25) is 11.8 Å². The fraction of sp³-hybridized carbons (Fsp3) is 0.517. The Hall–Kier alpha value is -3.19. The fourth-order valence-corrected chi connectivity index (χ4v) is 6.18. The molecule has 2 aliphatic heterocycles. The molecule has 0 radical (unpaired) electrons. The molecule has 2 aliphatic rings. The van der Waals surface area contributed by atoms with Crippen LogP contribution in [0.5, 0.6) is 0 Å². The summed E-state index contributed by atoms with van der Waals surface area (Å²) in [4.78, 5) is 27.4. The molecule has 2 aromatic carbocycles. The van der Waals surface area contributed by atoms with Crippen LogP contribution in [0.15, 0.2) is 36.4 Å². The summed E-state index contributed by atoms with van der Waals surface area (Å²) in [5, 5.41) is 3.29. The first kappa shape index (κ1) is 31.7. The van der Waals surface area contributed by atoms with Crippen molar-refractivity contribution < 1.29 is 40.3 Å². The second-order valence-corrected chi connectivity index (χ2v) is 11.7. The Morgan fingerprint density at radius 3 is 2.12 bits per heavy atom. The standard InChI is InChI=1S/C29H33F7N4O2/c1-15-10-20(30)4-5-21(15)23-14-27(7-6-22(39-27)24(37)41)8-9-40(23)25(42)26(3,38)16(2)17-11-18(28(31,32)33)13-19(12-17)29(34,35)36/h4-5,10-13,16,22-23,39H,6-9,14,38H2,1-3H3,(H2,37,41). The van der Waals surface area contributed by atoms with Crippen LogP contribution in [-0.4, -0.2) is 40.4 Å². The van der Waals surface area contributed by atoms with E-state index in [1.807, 2.05) is 0 Å². The minimum Gasteiger partial charge on any atom is -0.368 e. The molecule has 5 atom stereocenters. The van der Waals surface area contributed by atoms with E-state index in [2.05, 4.69) is 5.32 Å². The number of nitrogens with two attached hydrogens (primary N) is 2. The summed E-state index contributed by atoms with van der Waals surface area (Å²) in [5.41, 5.74) is 7.27. The van der Waals surface area contributed by atoms with Crippen LogP contribution in [0.4, 0.5) is 30.7 Å². The van der Waals surface area contributed by atoms with Crippen molar-refractivity contribution in [3.63, 3.8) is 0 Å². The highest BCUT2D eigenvalue weighted by Crippen LogP contribution is 2.45. The van der Waals surface area contributed by atoms with Gasteiger partial charge in [0, 0.05) is 18.0 Å². The summed E-state index contributed by atoms with van der Waals surface area (Å²) in [5.74, 6) is -2.95. The van der Waals surface area contributed by atoms with Gasteiger partial charge in [0.25, 0.3) is 0 Å². The van der Waals surface area contributed by atoms with Crippen LogP contribution in [0.1, 0.15) is 79.3 Å². The number of alkyl halides is 6. The normalized spacial score (nSPS) is 25.4. The minimum absolute atomic E-state index is 0.0251. The second-order valence-electron chi connectivity index (χ2n) is 11.7. The number of likely N-dealkylation sites (tertiary alicyclic amines) is 1. The predicted octanol–water partition coefficient (Wildman–Crippen LogP) is 5.33. The van der Waals surface area contributed by atoms with Crippen molar-refractivity contribution in [3.8, 4) is 0 Å². The number of rotatable bonds is 5. The van der Waals surface area contributed by atoms with Gasteiger partial charge in [-0.25, -0.2) is 4.39 Å². The van der Waals surface area contributed by atoms with E-state index in [-0.39, 0.29) is 18.2 Å². The molecule has 2 saturated heterocycles. The predicted molar refractivity (Wildman–Crippen MR) is 140 cm³/mol. The van der Waals surface area contributed by atoms with Crippen LogP contribution >= 0.6 is 0 Å². The highest BCUT2D eigenvalue weighted by atomic mass is 19.4. The van der Waals surface area contributed by atoms with Crippen molar-refractivity contribution in [2.45, 2.75) is 87.9 Å². The molecule has 5 unspecified atom stereocenters. The molecule has 5 N–H and O–H groups in total. The number of nitrogens with zero attached hydrogens (tertiary/aromatic N) is 1. The molecule has 42 heavy (non-hydrogen) atoms. The van der Waals surface area contributed by atoms with E-state index >= 15 is 0 Å². The topological polar surface area (TPSA) is 101 Å². The number of halogens is 7. The highest BCUT2D eigenvalue weighted by Gasteiger charge is 2.50. The zero-order valence-corrected chi connectivity index (χ0v) is 23.3. The van der Waals surface area contributed by atoms with Crippen LogP contribution in [0.3, 0.4) is 0 Å². The molecule has 2 heterocycles. The number of primary amides is 1.